The molecule has 0 aliphatic rings. The molecule has 0 amide bonds. The number of aromatic nitrogens is 1. The summed E-state index contributed by atoms with van der Waals surface area (Å²) in [5.74, 6) is 0.513. The summed E-state index contributed by atoms with van der Waals surface area (Å²) in [7, 11) is 1.53. The van der Waals surface area contributed by atoms with Gasteiger partial charge in [0.1, 0.15) is 5.75 Å². The molecule has 0 aliphatic carbocycles. The van der Waals surface area contributed by atoms with E-state index in [4.69, 9.17) is 4.74 Å². The zero-order valence-corrected chi connectivity index (χ0v) is 9.09. The highest BCUT2D eigenvalue weighted by Crippen LogP contribution is 2.19. The normalized spacial score (nSPS) is 9.77. The van der Waals surface area contributed by atoms with Gasteiger partial charge in [0.05, 0.1) is 24.6 Å². The van der Waals surface area contributed by atoms with Gasteiger partial charge in [-0.3, -0.25) is 9.78 Å². The topological polar surface area (TPSA) is 39.2 Å². The van der Waals surface area contributed by atoms with Crippen LogP contribution >= 0.6 is 15.9 Å². The van der Waals surface area contributed by atoms with Crippen LogP contribution in [0.3, 0.4) is 0 Å². The predicted octanol–water partition coefficient (Wildman–Crippen LogP) is 2.19. The second kappa shape index (κ2) is 4.37. The molecule has 4 heteroatoms. The number of Topliss-reactive ketones (excluding diaryl/α,β-unsaturated/α-hetero) is 1. The van der Waals surface area contributed by atoms with Gasteiger partial charge in [-0.1, -0.05) is 15.9 Å². The van der Waals surface area contributed by atoms with Crippen molar-refractivity contribution in [1.82, 2.24) is 4.98 Å². The first-order chi connectivity index (χ1) is 6.19. The van der Waals surface area contributed by atoms with Crippen molar-refractivity contribution < 1.29 is 9.53 Å². The molecule has 0 radical (unpaired) electrons. The molecule has 1 aromatic heterocycles. The minimum absolute atomic E-state index is 0.0125. The number of ether oxygens (including phenoxy) is 1. The molecule has 0 spiro atoms. The van der Waals surface area contributed by atoms with E-state index in [0.29, 0.717) is 16.6 Å². The maximum Gasteiger partial charge on any atom is 0.163 e. The number of ketones is 1. The maximum atomic E-state index is 11.2. The van der Waals surface area contributed by atoms with Gasteiger partial charge in [0.2, 0.25) is 0 Å². The number of rotatable bonds is 3. The number of nitrogens with zero attached hydrogens (tertiary/aromatic N) is 1. The van der Waals surface area contributed by atoms with Gasteiger partial charge in [-0.25, -0.2) is 0 Å². The van der Waals surface area contributed by atoms with Gasteiger partial charge in [0, 0.05) is 5.33 Å². The summed E-state index contributed by atoms with van der Waals surface area (Å²) >= 11 is 3.27. The van der Waals surface area contributed by atoms with Gasteiger partial charge < -0.3 is 4.74 Å². The Morgan fingerprint density at radius 1 is 1.69 bits per heavy atom. The first kappa shape index (κ1) is 10.2. The molecular weight excluding hydrogens is 234 g/mol. The van der Waals surface area contributed by atoms with Crippen LogP contribution in [0.1, 0.15) is 23.0 Å². The van der Waals surface area contributed by atoms with Crippen LogP contribution in [0.2, 0.25) is 0 Å². The SMILES string of the molecule is COc1cnc(CBr)cc1C(C)=O. The smallest absolute Gasteiger partial charge is 0.163 e. The molecule has 0 bridgehead atoms. The molecule has 0 fully saturated rings. The van der Waals surface area contributed by atoms with Crippen molar-refractivity contribution in [2.24, 2.45) is 0 Å². The fraction of sp³-hybridized carbons (Fsp3) is 0.333. The van der Waals surface area contributed by atoms with Crippen LogP contribution in [0.5, 0.6) is 5.75 Å². The highest BCUT2D eigenvalue weighted by Gasteiger charge is 2.08. The van der Waals surface area contributed by atoms with Gasteiger partial charge in [-0.2, -0.15) is 0 Å². The molecule has 13 heavy (non-hydrogen) atoms. The summed E-state index contributed by atoms with van der Waals surface area (Å²) in [5.41, 5.74) is 1.40. The second-order valence-electron chi connectivity index (χ2n) is 2.57. The van der Waals surface area contributed by atoms with Gasteiger partial charge >= 0.3 is 0 Å². The van der Waals surface area contributed by atoms with E-state index < -0.39 is 0 Å². The lowest BCUT2D eigenvalue weighted by atomic mass is 10.1. The molecule has 0 N–H and O–H groups in total. The van der Waals surface area contributed by atoms with Crippen molar-refractivity contribution in [3.63, 3.8) is 0 Å². The number of hydrogen-bond donors (Lipinski definition) is 0. The Hall–Kier alpha value is -0.900. The van der Waals surface area contributed by atoms with Crippen LogP contribution in [0.15, 0.2) is 12.3 Å². The van der Waals surface area contributed by atoms with Gasteiger partial charge in [-0.05, 0) is 13.0 Å². The number of carbonyl (C=O) groups is 1. The summed E-state index contributed by atoms with van der Waals surface area (Å²) < 4.78 is 5.01. The van der Waals surface area contributed by atoms with Gasteiger partial charge in [0.15, 0.2) is 5.78 Å². The summed E-state index contributed by atoms with van der Waals surface area (Å²) in [4.78, 5) is 15.3. The third-order valence-corrected chi connectivity index (χ3v) is 2.23. The molecule has 1 heterocycles. The van der Waals surface area contributed by atoms with Crippen molar-refractivity contribution in [3.05, 3.63) is 23.5 Å². The monoisotopic (exact) mass is 243 g/mol. The van der Waals surface area contributed by atoms with E-state index in [-0.39, 0.29) is 5.78 Å². The molecule has 70 valence electrons. The number of carbonyl (C=O) groups excluding carboxylic acids is 1. The number of pyridine rings is 1. The lowest BCUT2D eigenvalue weighted by Gasteiger charge is -2.05. The summed E-state index contributed by atoms with van der Waals surface area (Å²) in [6.07, 6.45) is 1.56. The van der Waals surface area contributed by atoms with Crippen molar-refractivity contribution in [2.75, 3.05) is 7.11 Å². The molecule has 0 aromatic carbocycles. The molecular formula is C9H10BrNO2. The van der Waals surface area contributed by atoms with Crippen LogP contribution in [-0.4, -0.2) is 17.9 Å². The van der Waals surface area contributed by atoms with Crippen LogP contribution < -0.4 is 4.74 Å². The van der Waals surface area contributed by atoms with E-state index in [1.807, 2.05) is 0 Å². The van der Waals surface area contributed by atoms with Gasteiger partial charge in [-0.15, -0.1) is 0 Å². The largest absolute Gasteiger partial charge is 0.494 e. The number of hydrogen-bond acceptors (Lipinski definition) is 3. The standard InChI is InChI=1S/C9H10BrNO2/c1-6(12)8-3-7(4-10)11-5-9(8)13-2/h3,5H,4H2,1-2H3. The fourth-order valence-electron chi connectivity index (χ4n) is 0.997. The molecule has 0 unspecified atom stereocenters. The average Bonchev–Trinajstić information content (AvgIpc) is 2.16. The van der Waals surface area contributed by atoms with E-state index >= 15 is 0 Å². The Morgan fingerprint density at radius 2 is 2.38 bits per heavy atom. The number of halogens is 1. The first-order valence-electron chi connectivity index (χ1n) is 3.79. The maximum absolute atomic E-state index is 11.2. The fourth-order valence-corrected chi connectivity index (χ4v) is 1.30. The van der Waals surface area contributed by atoms with Crippen molar-refractivity contribution in [2.45, 2.75) is 12.3 Å². The first-order valence-corrected chi connectivity index (χ1v) is 4.91. The molecule has 0 saturated carbocycles. The van der Waals surface area contributed by atoms with Crippen molar-refractivity contribution >= 4 is 21.7 Å². The zero-order valence-electron chi connectivity index (χ0n) is 7.50. The molecule has 0 aliphatic heterocycles. The van der Waals surface area contributed by atoms with Crippen LogP contribution in [-0.2, 0) is 5.33 Å². The minimum Gasteiger partial charge on any atom is -0.494 e. The average molecular weight is 244 g/mol. The van der Waals surface area contributed by atoms with Crippen LogP contribution in [0.25, 0.3) is 0 Å². The number of methoxy groups -OCH3 is 1. The summed E-state index contributed by atoms with van der Waals surface area (Å²) in [6, 6.07) is 1.73. The molecule has 0 atom stereocenters. The lowest BCUT2D eigenvalue weighted by Crippen LogP contribution is -2.00. The van der Waals surface area contributed by atoms with Crippen molar-refractivity contribution in [1.29, 1.82) is 0 Å². The Labute approximate surface area is 85.3 Å². The predicted molar refractivity (Wildman–Crippen MR) is 53.4 cm³/mol. The summed E-state index contributed by atoms with van der Waals surface area (Å²) in [5, 5.41) is 0.636. The highest BCUT2D eigenvalue weighted by molar-refractivity contribution is 9.08. The van der Waals surface area contributed by atoms with Crippen LogP contribution in [0, 0.1) is 0 Å². The van der Waals surface area contributed by atoms with E-state index in [1.165, 1.54) is 14.0 Å². The Kier molecular flexibility index (Phi) is 3.42. The molecule has 1 rings (SSSR count). The zero-order chi connectivity index (χ0) is 9.84. The summed E-state index contributed by atoms with van der Waals surface area (Å²) in [6.45, 7) is 1.51. The Bertz CT molecular complexity index is 325. The second-order valence-corrected chi connectivity index (χ2v) is 3.13. The molecule has 1 aromatic rings. The minimum atomic E-state index is -0.0125. The van der Waals surface area contributed by atoms with E-state index in [2.05, 4.69) is 20.9 Å². The highest BCUT2D eigenvalue weighted by atomic mass is 79.9. The number of alkyl halides is 1. The third-order valence-electron chi connectivity index (χ3n) is 1.66. The quantitative estimate of drug-likeness (QED) is 0.604. The van der Waals surface area contributed by atoms with Gasteiger partial charge in [0.25, 0.3) is 0 Å². The Balaban J connectivity index is 3.18. The molecule has 3 nitrogen and oxygen atoms in total. The lowest BCUT2D eigenvalue weighted by molar-refractivity contribution is 0.101. The van der Waals surface area contributed by atoms with E-state index in [9.17, 15) is 4.79 Å². The molecule has 0 saturated heterocycles. The van der Waals surface area contributed by atoms with E-state index in [0.717, 1.165) is 5.69 Å². The third kappa shape index (κ3) is 2.28. The van der Waals surface area contributed by atoms with Crippen LogP contribution in [0.4, 0.5) is 0 Å². The van der Waals surface area contributed by atoms with Crippen molar-refractivity contribution in [3.8, 4) is 5.75 Å². The van der Waals surface area contributed by atoms with E-state index in [1.54, 1.807) is 12.3 Å². The Morgan fingerprint density at radius 3 is 2.85 bits per heavy atom.